The Morgan fingerprint density at radius 2 is 1.88 bits per heavy atom. The summed E-state index contributed by atoms with van der Waals surface area (Å²) in [5, 5.41) is 8.11. The van der Waals surface area contributed by atoms with Crippen molar-refractivity contribution < 1.29 is 9.59 Å². The van der Waals surface area contributed by atoms with Gasteiger partial charge in [0.2, 0.25) is 11.1 Å². The van der Waals surface area contributed by atoms with Gasteiger partial charge in [0.15, 0.2) is 0 Å². The average Bonchev–Trinajstić information content (AvgIpc) is 3.44. The van der Waals surface area contributed by atoms with Gasteiger partial charge in [-0.05, 0) is 62.2 Å². The van der Waals surface area contributed by atoms with E-state index in [1.807, 2.05) is 68.4 Å². The molecule has 1 N–H and O–H groups in total. The Labute approximate surface area is 201 Å². The maximum atomic E-state index is 13.0. The van der Waals surface area contributed by atoms with E-state index >= 15 is 0 Å². The molecule has 0 unspecified atom stereocenters. The monoisotopic (exact) mass is 472 g/mol. The van der Waals surface area contributed by atoms with Crippen molar-refractivity contribution in [2.75, 3.05) is 16.8 Å². The molecule has 1 aliphatic heterocycles. The van der Waals surface area contributed by atoms with Gasteiger partial charge in [-0.25, -0.2) is 9.50 Å². The van der Waals surface area contributed by atoms with Gasteiger partial charge < -0.3 is 10.2 Å². The van der Waals surface area contributed by atoms with Crippen molar-refractivity contribution in [3.63, 3.8) is 0 Å². The Kier molecular flexibility index (Phi) is 6.02. The molecule has 0 radical (unpaired) electrons. The molecule has 1 aliphatic rings. The second-order valence-electron chi connectivity index (χ2n) is 8.24. The fourth-order valence-corrected chi connectivity index (χ4v) is 4.89. The summed E-state index contributed by atoms with van der Waals surface area (Å²) in [5.74, 6) is 1.08. The van der Waals surface area contributed by atoms with Gasteiger partial charge >= 0.3 is 0 Å². The van der Waals surface area contributed by atoms with Gasteiger partial charge in [-0.2, -0.15) is 4.98 Å². The number of amides is 2. The molecule has 1 fully saturated rings. The van der Waals surface area contributed by atoms with Crippen molar-refractivity contribution in [1.82, 2.24) is 19.6 Å². The van der Waals surface area contributed by atoms with Crippen LogP contribution in [0.2, 0.25) is 0 Å². The third-order valence-corrected chi connectivity index (χ3v) is 6.61. The Hall–Kier alpha value is -3.72. The molecule has 34 heavy (non-hydrogen) atoms. The first-order valence-electron chi connectivity index (χ1n) is 11.1. The number of nitrogens with one attached hydrogen (secondary N) is 1. The maximum Gasteiger partial charge on any atom is 0.255 e. The Morgan fingerprint density at radius 1 is 1.09 bits per heavy atom. The Balaban J connectivity index is 1.28. The summed E-state index contributed by atoms with van der Waals surface area (Å²) < 4.78 is 1.73. The number of aryl methyl sites for hydroxylation is 2. The molecule has 9 heteroatoms. The van der Waals surface area contributed by atoms with Gasteiger partial charge in [-0.3, -0.25) is 9.59 Å². The van der Waals surface area contributed by atoms with Crippen molar-refractivity contribution in [3.8, 4) is 0 Å². The van der Waals surface area contributed by atoms with Crippen LogP contribution in [0, 0.1) is 13.8 Å². The van der Waals surface area contributed by atoms with Gasteiger partial charge in [0, 0.05) is 47.0 Å². The molecule has 0 aliphatic carbocycles. The molecular formula is C25H24N6O2S. The minimum Gasteiger partial charge on any atom is -0.322 e. The number of rotatable bonds is 6. The predicted octanol–water partition coefficient (Wildman–Crippen LogP) is 4.41. The SMILES string of the molecule is Cc1cc(C)n2nc(SCc3ccccc3C(=O)Nc3ccc(N4CCCC4=O)cc3)nc2n1. The second kappa shape index (κ2) is 9.26. The van der Waals surface area contributed by atoms with Crippen molar-refractivity contribution >= 4 is 40.7 Å². The summed E-state index contributed by atoms with van der Waals surface area (Å²) in [6.45, 7) is 4.65. The number of anilines is 2. The third kappa shape index (κ3) is 4.51. The van der Waals surface area contributed by atoms with E-state index < -0.39 is 0 Å². The average molecular weight is 473 g/mol. The third-order valence-electron chi connectivity index (χ3n) is 5.73. The minimum atomic E-state index is -0.183. The van der Waals surface area contributed by atoms with Gasteiger partial charge in [-0.1, -0.05) is 30.0 Å². The molecular weight excluding hydrogens is 448 g/mol. The first-order chi connectivity index (χ1) is 16.5. The van der Waals surface area contributed by atoms with E-state index in [9.17, 15) is 9.59 Å². The zero-order chi connectivity index (χ0) is 23.7. The second-order valence-corrected chi connectivity index (χ2v) is 9.18. The number of thioether (sulfide) groups is 1. The van der Waals surface area contributed by atoms with Crippen LogP contribution in [-0.2, 0) is 10.5 Å². The maximum absolute atomic E-state index is 13.0. The Morgan fingerprint density at radius 3 is 2.65 bits per heavy atom. The van der Waals surface area contributed by atoms with E-state index in [-0.39, 0.29) is 11.8 Å². The first-order valence-corrected chi connectivity index (χ1v) is 12.1. The lowest BCUT2D eigenvalue weighted by Gasteiger charge is -2.16. The summed E-state index contributed by atoms with van der Waals surface area (Å²) in [6.07, 6.45) is 1.47. The quantitative estimate of drug-likeness (QED) is 0.418. The van der Waals surface area contributed by atoms with E-state index in [0.717, 1.165) is 35.6 Å². The molecule has 0 saturated carbocycles. The summed E-state index contributed by atoms with van der Waals surface area (Å²) in [5.41, 5.74) is 4.91. The summed E-state index contributed by atoms with van der Waals surface area (Å²) in [7, 11) is 0. The molecule has 1 saturated heterocycles. The standard InChI is InChI=1S/C25H24N6O2S/c1-16-14-17(2)31-24(26-16)28-25(29-31)34-15-18-6-3-4-7-21(18)23(33)27-19-9-11-20(12-10-19)30-13-5-8-22(30)32/h3-4,6-7,9-12,14H,5,8,13,15H2,1-2H3,(H,27,33). The highest BCUT2D eigenvalue weighted by Crippen LogP contribution is 2.25. The van der Waals surface area contributed by atoms with Crippen molar-refractivity contribution in [2.24, 2.45) is 0 Å². The largest absolute Gasteiger partial charge is 0.322 e. The molecule has 5 rings (SSSR count). The lowest BCUT2D eigenvalue weighted by molar-refractivity contribution is -0.117. The minimum absolute atomic E-state index is 0.143. The number of aromatic nitrogens is 4. The van der Waals surface area contributed by atoms with Crippen LogP contribution in [0.15, 0.2) is 59.8 Å². The number of benzene rings is 2. The lowest BCUT2D eigenvalue weighted by Crippen LogP contribution is -2.23. The van der Waals surface area contributed by atoms with Gasteiger partial charge in [0.1, 0.15) is 0 Å². The fourth-order valence-electron chi connectivity index (χ4n) is 4.06. The van der Waals surface area contributed by atoms with Crippen LogP contribution >= 0.6 is 11.8 Å². The van der Waals surface area contributed by atoms with Crippen LogP contribution in [0.5, 0.6) is 0 Å². The van der Waals surface area contributed by atoms with Gasteiger partial charge in [0.05, 0.1) is 0 Å². The highest BCUT2D eigenvalue weighted by molar-refractivity contribution is 7.98. The van der Waals surface area contributed by atoms with Crippen LogP contribution < -0.4 is 10.2 Å². The molecule has 0 atom stereocenters. The molecule has 0 bridgehead atoms. The molecule has 2 aromatic heterocycles. The highest BCUT2D eigenvalue weighted by atomic mass is 32.2. The van der Waals surface area contributed by atoms with Crippen molar-refractivity contribution in [3.05, 3.63) is 77.1 Å². The van der Waals surface area contributed by atoms with E-state index in [1.54, 1.807) is 9.42 Å². The molecule has 8 nitrogen and oxygen atoms in total. The van der Waals surface area contributed by atoms with Crippen molar-refractivity contribution in [1.29, 1.82) is 0 Å². The molecule has 2 aromatic carbocycles. The van der Waals surface area contributed by atoms with Gasteiger partial charge in [0.25, 0.3) is 11.7 Å². The molecule has 3 heterocycles. The van der Waals surface area contributed by atoms with E-state index in [4.69, 9.17) is 0 Å². The van der Waals surface area contributed by atoms with Crippen LogP contribution in [0.25, 0.3) is 5.78 Å². The summed E-state index contributed by atoms with van der Waals surface area (Å²) in [6, 6.07) is 16.9. The summed E-state index contributed by atoms with van der Waals surface area (Å²) in [4.78, 5) is 35.7. The Bertz CT molecular complexity index is 1380. The van der Waals surface area contributed by atoms with Crippen LogP contribution in [-0.4, -0.2) is 37.9 Å². The number of carbonyl (C=O) groups is 2. The lowest BCUT2D eigenvalue weighted by atomic mass is 10.1. The first kappa shape index (κ1) is 22.1. The number of nitrogens with zero attached hydrogens (tertiary/aromatic N) is 5. The van der Waals surface area contributed by atoms with Crippen molar-refractivity contribution in [2.45, 2.75) is 37.6 Å². The predicted molar refractivity (Wildman–Crippen MR) is 132 cm³/mol. The van der Waals surface area contributed by atoms with Crippen LogP contribution in [0.3, 0.4) is 0 Å². The number of carbonyl (C=O) groups excluding carboxylic acids is 2. The zero-order valence-corrected chi connectivity index (χ0v) is 19.8. The number of hydrogen-bond acceptors (Lipinski definition) is 6. The zero-order valence-electron chi connectivity index (χ0n) is 19.0. The van der Waals surface area contributed by atoms with E-state index in [1.165, 1.54) is 11.8 Å². The molecule has 2 amide bonds. The molecule has 4 aromatic rings. The van der Waals surface area contributed by atoms with E-state index in [2.05, 4.69) is 20.4 Å². The van der Waals surface area contributed by atoms with Crippen LogP contribution in [0.4, 0.5) is 11.4 Å². The van der Waals surface area contributed by atoms with Gasteiger partial charge in [-0.15, -0.1) is 5.10 Å². The van der Waals surface area contributed by atoms with Crippen LogP contribution in [0.1, 0.15) is 40.2 Å². The fraction of sp³-hybridized carbons (Fsp3) is 0.240. The number of hydrogen-bond donors (Lipinski definition) is 1. The topological polar surface area (TPSA) is 92.5 Å². The summed E-state index contributed by atoms with van der Waals surface area (Å²) >= 11 is 1.47. The molecule has 0 spiro atoms. The van der Waals surface area contributed by atoms with E-state index in [0.29, 0.717) is 34.4 Å². The highest BCUT2D eigenvalue weighted by Gasteiger charge is 2.21. The smallest absolute Gasteiger partial charge is 0.255 e. The molecule has 172 valence electrons. The number of fused-ring (bicyclic) bond motifs is 1. The normalized spacial score (nSPS) is 13.6.